The van der Waals surface area contributed by atoms with E-state index >= 15 is 0 Å². The van der Waals surface area contributed by atoms with Crippen molar-refractivity contribution in [1.82, 2.24) is 28.7 Å². The average molecular weight is 935 g/mol. The van der Waals surface area contributed by atoms with E-state index in [0.717, 1.165) is 130 Å². The summed E-state index contributed by atoms with van der Waals surface area (Å²) in [6.45, 7) is 12.5. The molecule has 15 nitrogen and oxygen atoms in total. The highest BCUT2D eigenvalue weighted by atomic mass is 16.5. The number of aromatic nitrogens is 6. The molecule has 0 saturated carbocycles. The van der Waals surface area contributed by atoms with Crippen LogP contribution in [-0.2, 0) is 55.0 Å². The summed E-state index contributed by atoms with van der Waals surface area (Å²) in [5.74, 6) is 19.1. The van der Waals surface area contributed by atoms with Crippen molar-refractivity contribution in [3.8, 4) is 35.5 Å². The third-order valence-electron chi connectivity index (χ3n) is 12.8. The molecule has 0 radical (unpaired) electrons. The number of aliphatic imine (C=N–C) groups is 3. The minimum absolute atomic E-state index is 0. The number of fused-ring (bicyclic) bond motifs is 3. The van der Waals surface area contributed by atoms with Gasteiger partial charge < -0.3 is 42.6 Å². The Labute approximate surface area is 410 Å². The van der Waals surface area contributed by atoms with Gasteiger partial charge in [-0.2, -0.15) is 0 Å². The highest BCUT2D eigenvalue weighted by molar-refractivity contribution is 6.17. The van der Waals surface area contributed by atoms with Gasteiger partial charge in [0.15, 0.2) is 0 Å². The Bertz CT molecular complexity index is 3060. The average Bonchev–Trinajstić information content (AvgIpc) is 4.29. The van der Waals surface area contributed by atoms with E-state index in [1.807, 2.05) is 34.8 Å². The molecule has 0 amide bonds. The summed E-state index contributed by atoms with van der Waals surface area (Å²) in [7, 11) is 5.83. The number of anilines is 3. The second-order valence-corrected chi connectivity index (χ2v) is 17.2. The minimum Gasteiger partial charge on any atom is -0.378 e. The third-order valence-corrected chi connectivity index (χ3v) is 12.8. The summed E-state index contributed by atoms with van der Waals surface area (Å²) in [5.41, 5.74) is 16.3. The van der Waals surface area contributed by atoms with Crippen molar-refractivity contribution in [2.24, 2.45) is 36.1 Å². The number of aryl methyl sites for hydroxylation is 3. The van der Waals surface area contributed by atoms with Gasteiger partial charge in [0.2, 0.25) is 0 Å². The van der Waals surface area contributed by atoms with Crippen molar-refractivity contribution in [1.29, 1.82) is 0 Å². The van der Waals surface area contributed by atoms with Crippen LogP contribution in [0, 0.1) is 35.5 Å². The van der Waals surface area contributed by atoms with Gasteiger partial charge in [0.1, 0.15) is 34.2 Å². The number of hydrogen-bond acceptors (Lipinski definition) is 12. The van der Waals surface area contributed by atoms with E-state index in [0.29, 0.717) is 19.6 Å². The molecule has 70 heavy (non-hydrogen) atoms. The predicted octanol–water partition coefficient (Wildman–Crippen LogP) is 5.47. The van der Waals surface area contributed by atoms with E-state index in [9.17, 15) is 0 Å². The molecule has 0 aliphatic carbocycles. The van der Waals surface area contributed by atoms with Crippen molar-refractivity contribution in [3.05, 3.63) is 143 Å². The number of imidazole rings is 3. The van der Waals surface area contributed by atoms with Crippen molar-refractivity contribution >= 4 is 34.2 Å². The van der Waals surface area contributed by atoms with Crippen LogP contribution in [-0.4, -0.2) is 125 Å². The topological polar surface area (TPSA) is 128 Å². The molecule has 6 aliphatic heterocycles. The summed E-state index contributed by atoms with van der Waals surface area (Å²) in [4.78, 5) is 33.2. The van der Waals surface area contributed by atoms with Gasteiger partial charge in [-0.25, -0.2) is 15.0 Å². The van der Waals surface area contributed by atoms with Crippen molar-refractivity contribution in [3.63, 3.8) is 0 Å². The maximum absolute atomic E-state index is 5.45. The van der Waals surface area contributed by atoms with Gasteiger partial charge in [-0.1, -0.05) is 25.6 Å². The first kappa shape index (κ1) is 47.3. The largest absolute Gasteiger partial charge is 0.378 e. The van der Waals surface area contributed by atoms with Crippen LogP contribution in [0.4, 0.5) is 17.1 Å². The van der Waals surface area contributed by atoms with Gasteiger partial charge in [0.05, 0.1) is 96.8 Å². The Morgan fingerprint density at radius 3 is 1.43 bits per heavy atom. The minimum atomic E-state index is 0. The molecule has 356 valence electrons. The van der Waals surface area contributed by atoms with Gasteiger partial charge >= 0.3 is 0 Å². The number of ether oxygens (including phenoxy) is 3. The van der Waals surface area contributed by atoms with Crippen LogP contribution in [0.15, 0.2) is 107 Å². The molecular weight excluding hydrogens is 877 g/mol. The van der Waals surface area contributed by atoms with Crippen LogP contribution in [0.5, 0.6) is 0 Å². The summed E-state index contributed by atoms with van der Waals surface area (Å²) in [6, 6.07) is 19.5. The number of hydrogen-bond donors (Lipinski definition) is 0. The zero-order valence-corrected chi connectivity index (χ0v) is 39.4. The van der Waals surface area contributed by atoms with Crippen LogP contribution in [0.3, 0.4) is 0 Å². The number of rotatable bonds is 3. The summed E-state index contributed by atoms with van der Waals surface area (Å²) < 4.78 is 22.0. The number of morpholine rings is 3. The predicted molar refractivity (Wildman–Crippen MR) is 276 cm³/mol. The van der Waals surface area contributed by atoms with E-state index in [-0.39, 0.29) is 7.43 Å². The number of benzene rings is 3. The van der Waals surface area contributed by atoms with Gasteiger partial charge in [-0.15, -0.1) is 0 Å². The lowest BCUT2D eigenvalue weighted by Gasteiger charge is -2.30. The lowest BCUT2D eigenvalue weighted by atomic mass is 10.0. The summed E-state index contributed by atoms with van der Waals surface area (Å²) in [5, 5.41) is 0. The SMILES string of the molecule is C.Cn1cncc1C#CC1=NCc2c1cccc2N1CCOCC1.Cn1cncc1C#CC1=NCc2cc(N3CCOCC3)ccc21.Cn1cncc1C#CC1=NCc2ccc(N3CCOCC3)cc21. The second kappa shape index (κ2) is 22.1. The van der Waals surface area contributed by atoms with E-state index in [1.165, 1.54) is 33.8 Å². The molecule has 3 aromatic carbocycles. The maximum atomic E-state index is 5.45. The van der Waals surface area contributed by atoms with Crippen molar-refractivity contribution < 1.29 is 14.2 Å². The molecule has 15 heteroatoms. The smallest absolute Gasteiger partial charge is 0.116 e. The molecular formula is C55H58N12O3. The van der Waals surface area contributed by atoms with E-state index in [2.05, 4.69) is 135 Å². The monoisotopic (exact) mass is 934 g/mol. The maximum Gasteiger partial charge on any atom is 0.116 e. The molecule has 0 spiro atoms. The van der Waals surface area contributed by atoms with Gasteiger partial charge in [0, 0.05) is 99.7 Å². The van der Waals surface area contributed by atoms with Crippen LogP contribution in [0.25, 0.3) is 0 Å². The fraction of sp³-hybridized carbons (Fsp3) is 0.345. The Morgan fingerprint density at radius 1 is 0.443 bits per heavy atom. The first-order valence-corrected chi connectivity index (χ1v) is 23.4. The molecule has 6 aliphatic rings. The molecule has 0 unspecified atom stereocenters. The zero-order chi connectivity index (χ0) is 46.9. The quantitative estimate of drug-likeness (QED) is 0.213. The van der Waals surface area contributed by atoms with Gasteiger partial charge in [0.25, 0.3) is 0 Å². The summed E-state index contributed by atoms with van der Waals surface area (Å²) >= 11 is 0. The molecule has 6 aromatic rings. The third kappa shape index (κ3) is 10.8. The lowest BCUT2D eigenvalue weighted by Crippen LogP contribution is -2.36. The Kier molecular flexibility index (Phi) is 15.0. The van der Waals surface area contributed by atoms with Crippen molar-refractivity contribution in [2.45, 2.75) is 27.1 Å². The fourth-order valence-corrected chi connectivity index (χ4v) is 8.83. The Balaban J connectivity index is 0.000000129. The second-order valence-electron chi connectivity index (χ2n) is 17.2. The fourth-order valence-electron chi connectivity index (χ4n) is 8.83. The van der Waals surface area contributed by atoms with Crippen LogP contribution < -0.4 is 14.7 Å². The molecule has 0 atom stereocenters. The molecule has 12 rings (SSSR count). The highest BCUT2D eigenvalue weighted by Crippen LogP contribution is 2.31. The van der Waals surface area contributed by atoms with Gasteiger partial charge in [-0.05, 0) is 83.0 Å². The van der Waals surface area contributed by atoms with Crippen LogP contribution in [0.1, 0.15) is 57.9 Å². The molecule has 3 fully saturated rings. The first-order chi connectivity index (χ1) is 33.9. The molecule has 3 saturated heterocycles. The Hall–Kier alpha value is -7.74. The van der Waals surface area contributed by atoms with Gasteiger partial charge in [-0.3, -0.25) is 15.0 Å². The van der Waals surface area contributed by atoms with Crippen LogP contribution in [0.2, 0.25) is 0 Å². The highest BCUT2D eigenvalue weighted by Gasteiger charge is 2.23. The van der Waals surface area contributed by atoms with Crippen molar-refractivity contribution in [2.75, 3.05) is 93.6 Å². The van der Waals surface area contributed by atoms with Crippen LogP contribution >= 0.6 is 0 Å². The molecule has 0 N–H and O–H groups in total. The molecule has 0 bridgehead atoms. The van der Waals surface area contributed by atoms with E-state index in [4.69, 9.17) is 14.2 Å². The first-order valence-electron chi connectivity index (χ1n) is 23.4. The van der Waals surface area contributed by atoms with E-state index in [1.54, 1.807) is 37.6 Å². The van der Waals surface area contributed by atoms with E-state index < -0.39 is 0 Å². The summed E-state index contributed by atoms with van der Waals surface area (Å²) in [6.07, 6.45) is 10.6. The normalized spacial score (nSPS) is 16.3. The lowest BCUT2D eigenvalue weighted by molar-refractivity contribution is 0.122. The Morgan fingerprint density at radius 2 is 0.900 bits per heavy atom. The molecule has 9 heterocycles. The number of nitrogens with zero attached hydrogens (tertiary/aromatic N) is 12. The standard InChI is InChI=1S/3C18H18N4O.CH4/c1-21-13-19-12-16(21)3-5-18-17-4-2-15(10-14(17)11-20-18)22-6-8-23-9-7-22;1-21-13-19-12-16(21)4-5-18-17-10-15(3-2-14(17)11-20-18)22-6-8-23-9-7-22;1-21-13-19-11-14(21)5-6-17-15-3-2-4-18(16(15)12-20-17)22-7-9-23-10-8-22;/h2,4,10,12-13H,6-9,11H2,1H3;2-3,10,12-13H,6-9,11H2,1H3;2-4,11,13H,7-10,12H2,1H3;1H4. The zero-order valence-electron chi connectivity index (χ0n) is 39.4. The molecule has 3 aromatic heterocycles.